The molecule has 1 atom stereocenters. The Labute approximate surface area is 110 Å². The lowest BCUT2D eigenvalue weighted by atomic mass is 10.0. The van der Waals surface area contributed by atoms with Crippen LogP contribution in [0.3, 0.4) is 0 Å². The summed E-state index contributed by atoms with van der Waals surface area (Å²) in [7, 11) is 1.76. The molecule has 0 spiro atoms. The molecule has 0 heterocycles. The van der Waals surface area contributed by atoms with Crippen LogP contribution in [0.1, 0.15) is 30.0 Å². The summed E-state index contributed by atoms with van der Waals surface area (Å²) in [4.78, 5) is 2.47. The first-order chi connectivity index (χ1) is 8.72. The minimum absolute atomic E-state index is 0.101. The highest BCUT2D eigenvalue weighted by molar-refractivity contribution is 5.28. The van der Waals surface area contributed by atoms with Crippen molar-refractivity contribution in [1.29, 1.82) is 0 Å². The lowest BCUT2D eigenvalue weighted by molar-refractivity contribution is 0.139. The molecular weight excluding hydrogens is 224 g/mol. The number of hydrogen-bond donors (Lipinski definition) is 1. The molecule has 1 unspecified atom stereocenters. The van der Waals surface area contributed by atoms with Crippen LogP contribution in [-0.4, -0.2) is 37.7 Å². The van der Waals surface area contributed by atoms with Crippen molar-refractivity contribution in [2.75, 3.05) is 26.8 Å². The molecule has 0 saturated heterocycles. The van der Waals surface area contributed by atoms with Gasteiger partial charge in [0.1, 0.15) is 0 Å². The smallest absolute Gasteiger partial charge is 0.0589 e. The van der Waals surface area contributed by atoms with E-state index in [2.05, 4.69) is 36.1 Å². The first-order valence-corrected chi connectivity index (χ1v) is 6.76. The summed E-state index contributed by atoms with van der Waals surface area (Å²) in [6.45, 7) is 4.84. The van der Waals surface area contributed by atoms with Crippen LogP contribution in [-0.2, 0) is 4.74 Å². The molecule has 100 valence electrons. The Morgan fingerprint density at radius 2 is 2.11 bits per heavy atom. The number of nitrogens with two attached hydrogens (primary N) is 1. The van der Waals surface area contributed by atoms with Crippen molar-refractivity contribution < 1.29 is 4.74 Å². The molecule has 0 radical (unpaired) electrons. The van der Waals surface area contributed by atoms with Crippen molar-refractivity contribution in [3.8, 4) is 0 Å². The summed E-state index contributed by atoms with van der Waals surface area (Å²) >= 11 is 0. The highest BCUT2D eigenvalue weighted by Gasteiger charge is 2.29. The maximum Gasteiger partial charge on any atom is 0.0589 e. The minimum Gasteiger partial charge on any atom is -0.383 e. The van der Waals surface area contributed by atoms with E-state index in [-0.39, 0.29) is 6.04 Å². The molecule has 2 rings (SSSR count). The van der Waals surface area contributed by atoms with Gasteiger partial charge < -0.3 is 10.5 Å². The normalized spacial score (nSPS) is 17.1. The quantitative estimate of drug-likeness (QED) is 0.803. The zero-order valence-electron chi connectivity index (χ0n) is 11.4. The molecule has 3 heteroatoms. The molecule has 18 heavy (non-hydrogen) atoms. The van der Waals surface area contributed by atoms with Crippen molar-refractivity contribution in [3.63, 3.8) is 0 Å². The maximum absolute atomic E-state index is 6.35. The summed E-state index contributed by atoms with van der Waals surface area (Å²) < 4.78 is 5.18. The Balaban J connectivity index is 1.96. The Bertz CT molecular complexity index is 377. The van der Waals surface area contributed by atoms with Gasteiger partial charge in [0.2, 0.25) is 0 Å². The van der Waals surface area contributed by atoms with Gasteiger partial charge in [-0.05, 0) is 30.9 Å². The molecule has 2 N–H and O–H groups in total. The average Bonchev–Trinajstić information content (AvgIpc) is 3.19. The van der Waals surface area contributed by atoms with Crippen molar-refractivity contribution in [3.05, 3.63) is 35.4 Å². The lowest BCUT2D eigenvalue weighted by Crippen LogP contribution is -2.36. The second-order valence-electron chi connectivity index (χ2n) is 5.18. The van der Waals surface area contributed by atoms with Crippen LogP contribution < -0.4 is 5.73 Å². The Kier molecular flexibility index (Phi) is 4.75. The van der Waals surface area contributed by atoms with Gasteiger partial charge in [-0.3, -0.25) is 4.90 Å². The summed E-state index contributed by atoms with van der Waals surface area (Å²) in [6.07, 6.45) is 2.62. The van der Waals surface area contributed by atoms with Gasteiger partial charge in [-0.1, -0.05) is 24.3 Å². The fraction of sp³-hybridized carbons (Fsp3) is 0.600. The van der Waals surface area contributed by atoms with Crippen LogP contribution >= 0.6 is 0 Å². The Hall–Kier alpha value is -0.900. The molecule has 0 aliphatic heterocycles. The minimum atomic E-state index is 0.101. The largest absolute Gasteiger partial charge is 0.383 e. The van der Waals surface area contributed by atoms with E-state index in [0.29, 0.717) is 0 Å². The number of aryl methyl sites for hydroxylation is 1. The van der Waals surface area contributed by atoms with Crippen LogP contribution in [0.5, 0.6) is 0 Å². The topological polar surface area (TPSA) is 38.5 Å². The number of methoxy groups -OCH3 is 1. The van der Waals surface area contributed by atoms with Crippen molar-refractivity contribution >= 4 is 0 Å². The number of hydrogen-bond acceptors (Lipinski definition) is 3. The molecule has 3 nitrogen and oxygen atoms in total. The first-order valence-electron chi connectivity index (χ1n) is 6.76. The summed E-state index contributed by atoms with van der Waals surface area (Å²) in [6, 6.07) is 9.24. The van der Waals surface area contributed by atoms with E-state index in [9.17, 15) is 0 Å². The van der Waals surface area contributed by atoms with E-state index in [1.807, 2.05) is 0 Å². The van der Waals surface area contributed by atoms with Crippen LogP contribution in [0.2, 0.25) is 0 Å². The van der Waals surface area contributed by atoms with Gasteiger partial charge in [-0.25, -0.2) is 0 Å². The molecule has 0 bridgehead atoms. The SMILES string of the molecule is COCCN(CC(N)c1ccccc1C)C1CC1. The third-order valence-corrected chi connectivity index (χ3v) is 3.67. The van der Waals surface area contributed by atoms with Crippen LogP contribution in [0.4, 0.5) is 0 Å². The third kappa shape index (κ3) is 3.55. The van der Waals surface area contributed by atoms with E-state index >= 15 is 0 Å². The molecule has 1 saturated carbocycles. The first kappa shape index (κ1) is 13.5. The fourth-order valence-electron chi connectivity index (χ4n) is 2.42. The van der Waals surface area contributed by atoms with Gasteiger partial charge in [-0.15, -0.1) is 0 Å². The molecule has 0 amide bonds. The zero-order valence-corrected chi connectivity index (χ0v) is 11.4. The zero-order chi connectivity index (χ0) is 13.0. The van der Waals surface area contributed by atoms with E-state index in [1.54, 1.807) is 7.11 Å². The van der Waals surface area contributed by atoms with E-state index in [4.69, 9.17) is 10.5 Å². The van der Waals surface area contributed by atoms with Crippen molar-refractivity contribution in [2.24, 2.45) is 5.73 Å². The second kappa shape index (κ2) is 6.32. The highest BCUT2D eigenvalue weighted by Crippen LogP contribution is 2.28. The third-order valence-electron chi connectivity index (χ3n) is 3.67. The Morgan fingerprint density at radius 3 is 2.72 bits per heavy atom. The number of benzene rings is 1. The summed E-state index contributed by atoms with van der Waals surface area (Å²) in [5.74, 6) is 0. The van der Waals surface area contributed by atoms with Gasteiger partial charge in [0.25, 0.3) is 0 Å². The molecule has 1 aromatic carbocycles. The van der Waals surface area contributed by atoms with Gasteiger partial charge >= 0.3 is 0 Å². The molecule has 1 fully saturated rings. The van der Waals surface area contributed by atoms with E-state index < -0.39 is 0 Å². The van der Waals surface area contributed by atoms with E-state index in [1.165, 1.54) is 24.0 Å². The summed E-state index contributed by atoms with van der Waals surface area (Å²) in [5, 5.41) is 0. The van der Waals surface area contributed by atoms with Gasteiger partial charge in [0.05, 0.1) is 6.61 Å². The molecule has 1 aromatic rings. The molecule has 0 aromatic heterocycles. The van der Waals surface area contributed by atoms with Crippen LogP contribution in [0, 0.1) is 6.92 Å². The monoisotopic (exact) mass is 248 g/mol. The van der Waals surface area contributed by atoms with Crippen LogP contribution in [0.15, 0.2) is 24.3 Å². The van der Waals surface area contributed by atoms with Gasteiger partial charge in [-0.2, -0.15) is 0 Å². The Morgan fingerprint density at radius 1 is 1.39 bits per heavy atom. The number of rotatable bonds is 7. The van der Waals surface area contributed by atoms with Gasteiger partial charge in [0.15, 0.2) is 0 Å². The molecule has 1 aliphatic rings. The van der Waals surface area contributed by atoms with Crippen molar-refractivity contribution in [2.45, 2.75) is 31.8 Å². The van der Waals surface area contributed by atoms with E-state index in [0.717, 1.165) is 25.7 Å². The fourth-order valence-corrected chi connectivity index (χ4v) is 2.42. The predicted molar refractivity (Wildman–Crippen MR) is 74.6 cm³/mol. The summed E-state index contributed by atoms with van der Waals surface area (Å²) in [5.41, 5.74) is 8.90. The molecule has 1 aliphatic carbocycles. The van der Waals surface area contributed by atoms with Crippen molar-refractivity contribution in [1.82, 2.24) is 4.90 Å². The lowest BCUT2D eigenvalue weighted by Gasteiger charge is -2.26. The second-order valence-corrected chi connectivity index (χ2v) is 5.18. The standard InChI is InChI=1S/C15H24N2O/c1-12-5-3-4-6-14(12)15(16)11-17(9-10-18-2)13-7-8-13/h3-6,13,15H,7-11,16H2,1-2H3. The maximum atomic E-state index is 6.35. The predicted octanol–water partition coefficient (Wildman–Crippen LogP) is 2.11. The van der Waals surface area contributed by atoms with Crippen LogP contribution in [0.25, 0.3) is 0 Å². The highest BCUT2D eigenvalue weighted by atomic mass is 16.5. The number of ether oxygens (including phenoxy) is 1. The van der Waals surface area contributed by atoms with Gasteiger partial charge in [0, 0.05) is 32.3 Å². The average molecular weight is 248 g/mol. The number of nitrogens with zero attached hydrogens (tertiary/aromatic N) is 1. The molecular formula is C15H24N2O.